The number of nitrogens with one attached hydrogen (secondary N) is 1. The highest BCUT2D eigenvalue weighted by Crippen LogP contribution is 2.44. The van der Waals surface area contributed by atoms with Gasteiger partial charge in [-0.15, -0.1) is 0 Å². The van der Waals surface area contributed by atoms with Gasteiger partial charge in [-0.1, -0.05) is 0 Å². The molecule has 49 heteroatoms. The van der Waals surface area contributed by atoms with Gasteiger partial charge in [-0.05, 0) is 0 Å². The second kappa shape index (κ2) is 37.1. The van der Waals surface area contributed by atoms with Crippen molar-refractivity contribution in [1.82, 2.24) is 5.32 Å². The Morgan fingerprint density at radius 3 is 1.31 bits per heavy atom. The summed E-state index contributed by atoms with van der Waals surface area (Å²) in [6.07, 6.45) is -96.4. The van der Waals surface area contributed by atoms with E-state index in [1.54, 1.807) is 0 Å². The molecule has 8 heterocycles. The lowest BCUT2D eigenvalue weighted by Crippen LogP contribution is -2.71. The van der Waals surface area contributed by atoms with E-state index in [0.29, 0.717) is 0 Å². The zero-order valence-corrected chi connectivity index (χ0v) is 55.5. The number of amides is 1. The summed E-state index contributed by atoms with van der Waals surface area (Å²) in [4.78, 5) is 38.8. The van der Waals surface area contributed by atoms with E-state index in [4.69, 9.17) is 71.1 Å². The van der Waals surface area contributed by atoms with Crippen LogP contribution in [0.5, 0.6) is 0 Å². The third-order valence-electron chi connectivity index (χ3n) is 19.2. The van der Waals surface area contributed by atoms with Crippen LogP contribution in [0.25, 0.3) is 0 Å². The van der Waals surface area contributed by atoms with E-state index in [1.807, 2.05) is 0 Å². The minimum absolute atomic E-state index is 0.894. The van der Waals surface area contributed by atoms with Crippen LogP contribution in [0.4, 0.5) is 0 Å². The van der Waals surface area contributed by atoms with Gasteiger partial charge in [0.2, 0.25) is 5.91 Å². The number of aliphatic carboxylic acids is 2. The molecule has 0 unspecified atom stereocenters. The highest BCUT2D eigenvalue weighted by Gasteiger charge is 2.64. The normalized spacial score (nSPS) is 48.3. The summed E-state index contributed by atoms with van der Waals surface area (Å²) < 4.78 is 85.8. The number of aliphatic hydroxyl groups excluding tert-OH is 27. The Morgan fingerprint density at radius 1 is 0.396 bits per heavy atom. The van der Waals surface area contributed by atoms with E-state index in [0.717, 1.165) is 6.92 Å². The maximum absolute atomic E-state index is 13.3. The highest BCUT2D eigenvalue weighted by molar-refractivity contribution is 5.77. The highest BCUT2D eigenvalue weighted by atomic mass is 16.8. The number of rotatable bonds is 30. The first-order valence-corrected chi connectivity index (χ1v) is 33.0. The van der Waals surface area contributed by atoms with Crippen LogP contribution < -0.4 is 5.32 Å². The molecule has 8 rings (SSSR count). The summed E-state index contributed by atoms with van der Waals surface area (Å²) in [6, 6.07) is -1.95. The summed E-state index contributed by atoms with van der Waals surface area (Å²) >= 11 is 0. The molecular formula is C57H95NO48. The molecule has 0 bridgehead atoms. The van der Waals surface area contributed by atoms with E-state index in [9.17, 15) is 168 Å². The van der Waals surface area contributed by atoms with Crippen molar-refractivity contribution in [3.63, 3.8) is 0 Å². The third kappa shape index (κ3) is 18.6. The standard InChI is InChI=1S/C57H95NO48/c1-12(65)58-23-28(76)25(73)20(7-62)94-48(23)101-45-36(84)40(18(71)11-93-50-34(82)31(79)32(80)39(97-50)17(70)10-92-49-33(81)29(77)26(74)21(8-63)95-49)98-52(37(45)85)102-46-38(86)53(99-42(15(68)5-60)47(46)103-51-35(83)30(78)27(75)22(9-64)96-51)100-44-19(3-56(91,54(87)88)105-43(44)16(69)6-61)104-57(55(89)90)2-13(66)24(72)41(106-57)14(67)4-59/h13-53,59-64,66-86,91H,2-11H2,1H3,(H,58,65)(H,87,88)(H,89,90)/t13-,14-,15+,16-,17+,18+,19-,20-,21-,22-,23-,24-,25-,26+,27-,28-,29+,30+,31+,32+,33-,34+,35-,36-,37+,38+,39-,40-,41-,42-,43-,44-,45+,46-,47-,48+,49-,50+,51+,52-,53-,56-,57-/m1/s1. The summed E-state index contributed by atoms with van der Waals surface area (Å²) in [7, 11) is 0. The third-order valence-corrected chi connectivity index (χ3v) is 19.2. The molecule has 8 aliphatic heterocycles. The summed E-state index contributed by atoms with van der Waals surface area (Å²) in [5.74, 6) is -12.7. The fourth-order valence-electron chi connectivity index (χ4n) is 13.3. The van der Waals surface area contributed by atoms with Crippen molar-refractivity contribution < 1.29 is 239 Å². The largest absolute Gasteiger partial charge is 0.477 e. The topological polar surface area (TPSA) is 809 Å². The molecule has 0 aliphatic carbocycles. The van der Waals surface area contributed by atoms with Gasteiger partial charge in [-0.25, -0.2) is 9.59 Å². The van der Waals surface area contributed by atoms with Crippen molar-refractivity contribution >= 4 is 17.8 Å². The lowest BCUT2D eigenvalue weighted by atomic mass is 9.89. The van der Waals surface area contributed by atoms with E-state index < -0.39 is 346 Å². The zero-order chi connectivity index (χ0) is 78.8. The number of carboxylic acids is 2. The van der Waals surface area contributed by atoms with Gasteiger partial charge in [0.25, 0.3) is 11.6 Å². The molecule has 8 saturated heterocycles. The van der Waals surface area contributed by atoms with Crippen molar-refractivity contribution in [1.29, 1.82) is 0 Å². The van der Waals surface area contributed by atoms with Gasteiger partial charge < -0.3 is 230 Å². The maximum Gasteiger partial charge on any atom is 0.364 e. The number of carboxylic acid groups (broad SMARTS) is 2. The summed E-state index contributed by atoms with van der Waals surface area (Å²) in [5, 5.41) is 331. The van der Waals surface area contributed by atoms with Crippen LogP contribution in [-0.2, 0) is 85.4 Å². The van der Waals surface area contributed by atoms with Crippen molar-refractivity contribution in [2.24, 2.45) is 0 Å². The minimum Gasteiger partial charge on any atom is -0.477 e. The number of aliphatic hydroxyl groups is 28. The Labute approximate surface area is 596 Å². The predicted molar refractivity (Wildman–Crippen MR) is 316 cm³/mol. The first kappa shape index (κ1) is 88.3. The number of hydrogen-bond acceptors (Lipinski definition) is 46. The molecule has 1 amide bonds. The summed E-state index contributed by atoms with van der Waals surface area (Å²) in [6.45, 7) is -9.01. The van der Waals surface area contributed by atoms with Gasteiger partial charge in [-0.3, -0.25) is 4.79 Å². The number of ether oxygens (including phenoxy) is 15. The predicted octanol–water partition coefficient (Wildman–Crippen LogP) is -20.5. The van der Waals surface area contributed by atoms with Crippen LogP contribution in [0.15, 0.2) is 0 Å². The van der Waals surface area contributed by atoms with Gasteiger partial charge in [-0.2, -0.15) is 0 Å². The first-order valence-electron chi connectivity index (χ1n) is 33.0. The number of carbonyl (C=O) groups excluding carboxylic acids is 1. The van der Waals surface area contributed by atoms with Crippen molar-refractivity contribution in [2.45, 2.75) is 283 Å². The Kier molecular flexibility index (Phi) is 30.9. The van der Waals surface area contributed by atoms with Gasteiger partial charge >= 0.3 is 11.9 Å². The molecule has 616 valence electrons. The van der Waals surface area contributed by atoms with E-state index in [1.165, 1.54) is 0 Å². The molecule has 8 aliphatic rings. The van der Waals surface area contributed by atoms with Crippen LogP contribution in [0, 0.1) is 0 Å². The zero-order valence-electron chi connectivity index (χ0n) is 55.5. The van der Waals surface area contributed by atoms with Gasteiger partial charge in [0.1, 0.15) is 201 Å². The van der Waals surface area contributed by atoms with Crippen LogP contribution in [-0.4, -0.2) is 487 Å². The maximum atomic E-state index is 13.3. The average molecular weight is 1560 g/mol. The Bertz CT molecular complexity index is 2780. The minimum atomic E-state index is -3.67. The second-order valence-electron chi connectivity index (χ2n) is 26.6. The van der Waals surface area contributed by atoms with Crippen molar-refractivity contribution in [2.75, 3.05) is 52.9 Å². The summed E-state index contributed by atoms with van der Waals surface area (Å²) in [5.41, 5.74) is 0. The van der Waals surface area contributed by atoms with E-state index in [-0.39, 0.29) is 0 Å². The Hall–Kier alpha value is -3.31. The molecule has 106 heavy (non-hydrogen) atoms. The first-order chi connectivity index (χ1) is 49.8. The Morgan fingerprint density at radius 2 is 0.802 bits per heavy atom. The fourth-order valence-corrected chi connectivity index (χ4v) is 13.3. The molecule has 0 aromatic heterocycles. The molecule has 49 nitrogen and oxygen atoms in total. The van der Waals surface area contributed by atoms with Crippen molar-refractivity contribution in [3.8, 4) is 0 Å². The average Bonchev–Trinajstić information content (AvgIpc) is 0.747. The smallest absolute Gasteiger partial charge is 0.364 e. The van der Waals surface area contributed by atoms with E-state index >= 15 is 0 Å². The number of carbonyl (C=O) groups is 3. The van der Waals surface area contributed by atoms with E-state index in [2.05, 4.69) is 5.32 Å². The second-order valence-corrected chi connectivity index (χ2v) is 26.6. The number of hydrogen-bond donors (Lipinski definition) is 31. The molecule has 0 radical (unpaired) electrons. The van der Waals surface area contributed by atoms with Crippen LogP contribution in [0.1, 0.15) is 19.8 Å². The van der Waals surface area contributed by atoms with Crippen LogP contribution in [0.3, 0.4) is 0 Å². The van der Waals surface area contributed by atoms with Crippen LogP contribution in [0.2, 0.25) is 0 Å². The lowest BCUT2D eigenvalue weighted by molar-refractivity contribution is -0.415. The molecule has 31 N–H and O–H groups in total. The molecule has 0 aromatic carbocycles. The quantitative estimate of drug-likeness (QED) is 0.0318. The fraction of sp³-hybridized carbons (Fsp3) is 0.947. The lowest BCUT2D eigenvalue weighted by Gasteiger charge is -2.53. The van der Waals surface area contributed by atoms with Gasteiger partial charge in [0, 0.05) is 19.8 Å². The SMILES string of the molecule is CC(=O)N[C@H]1[C@H](O[C@@H]2[C@H](O)[C@@H](O[C@@H]3[C@H](O)[C@@H](O[C@H]4[C@@H]([C@H](O)CO)O[C@@](O)(C(=O)O)C[C@H]4O[C@]4(C(=O)O)C[C@@H](O)[C@@H](O)[C@@H]([C@H](O)CO)O4)O[C@H]([C@@H](O)CO)[C@H]3O[C@@H]3O[C@H](CO)[C@@H](O)[C@H](O)[C@H]3O)O[C@H]([C@@H](O)CO[C@H]3O[C@H]([C@@H](O)CO[C@@H]4O[C@H](CO)[C@H](O)[C@H](O)[C@H]4O)[C@@H](O)[C@H](O)[C@@H]3O)[C@H]2O)O[C@H](CO)[C@@H](O)[C@@H]1O. The van der Waals surface area contributed by atoms with Crippen LogP contribution >= 0.6 is 0 Å². The molecular weight excluding hydrogens is 1470 g/mol. The molecule has 0 spiro atoms. The molecule has 0 aromatic rings. The molecule has 43 atom stereocenters. The Balaban J connectivity index is 1.20. The van der Waals surface area contributed by atoms with Gasteiger partial charge in [0.05, 0.1) is 65.1 Å². The van der Waals surface area contributed by atoms with Crippen molar-refractivity contribution in [3.05, 3.63) is 0 Å². The molecule has 8 fully saturated rings. The monoisotopic (exact) mass is 1560 g/mol. The molecule has 0 saturated carbocycles. The van der Waals surface area contributed by atoms with Gasteiger partial charge in [0.15, 0.2) is 37.7 Å².